The van der Waals surface area contributed by atoms with Gasteiger partial charge in [-0.15, -0.1) is 0 Å². The summed E-state index contributed by atoms with van der Waals surface area (Å²) in [4.78, 5) is 11.4. The fourth-order valence-corrected chi connectivity index (χ4v) is 2.78. The van der Waals surface area contributed by atoms with Crippen molar-refractivity contribution < 1.29 is 13.2 Å². The van der Waals surface area contributed by atoms with Crippen molar-refractivity contribution in [3.8, 4) is 0 Å². The van der Waals surface area contributed by atoms with E-state index in [0.29, 0.717) is 23.8 Å². The Morgan fingerprint density at radius 2 is 1.94 bits per heavy atom. The minimum absolute atomic E-state index is 0.142. The van der Waals surface area contributed by atoms with E-state index in [9.17, 15) is 13.2 Å². The molecule has 0 aromatic rings. The topological polar surface area (TPSA) is 51.2 Å². The van der Waals surface area contributed by atoms with Crippen molar-refractivity contribution >= 4 is 27.4 Å². The molecule has 96 valence electrons. The first-order valence-corrected chi connectivity index (χ1v) is 8.62. The Morgan fingerprint density at radius 1 is 1.31 bits per heavy atom. The lowest BCUT2D eigenvalue weighted by atomic mass is 10.2. The number of carbonyl (C=O) groups excluding carboxylic acids is 1. The third kappa shape index (κ3) is 8.16. The van der Waals surface area contributed by atoms with Crippen molar-refractivity contribution in [2.24, 2.45) is 0 Å². The molecule has 0 spiro atoms. The zero-order valence-corrected chi connectivity index (χ0v) is 12.0. The van der Waals surface area contributed by atoms with Crippen molar-refractivity contribution in [2.45, 2.75) is 45.3 Å². The normalized spacial score (nSPS) is 13.7. The van der Waals surface area contributed by atoms with E-state index in [1.807, 2.05) is 0 Å². The predicted molar refractivity (Wildman–Crippen MR) is 70.8 cm³/mol. The van der Waals surface area contributed by atoms with Crippen LogP contribution in [0.4, 0.5) is 0 Å². The molecule has 0 radical (unpaired) electrons. The van der Waals surface area contributed by atoms with E-state index in [0.717, 1.165) is 6.42 Å². The number of hydrogen-bond acceptors (Lipinski definition) is 4. The lowest BCUT2D eigenvalue weighted by Gasteiger charge is -2.07. The summed E-state index contributed by atoms with van der Waals surface area (Å²) in [6.07, 6.45) is 1.92. The first-order chi connectivity index (χ1) is 7.41. The Balaban J connectivity index is 3.67. The van der Waals surface area contributed by atoms with Gasteiger partial charge in [0.25, 0.3) is 0 Å². The van der Waals surface area contributed by atoms with Crippen LogP contribution < -0.4 is 0 Å². The Morgan fingerprint density at radius 3 is 2.44 bits per heavy atom. The summed E-state index contributed by atoms with van der Waals surface area (Å²) in [5.74, 6) is 0.990. The van der Waals surface area contributed by atoms with Crippen LogP contribution in [0.15, 0.2) is 0 Å². The molecular weight excluding hydrogens is 244 g/mol. The molecule has 0 amide bonds. The largest absolute Gasteiger partial charge is 0.299 e. The molecule has 0 aromatic carbocycles. The van der Waals surface area contributed by atoms with Gasteiger partial charge in [0.15, 0.2) is 0 Å². The summed E-state index contributed by atoms with van der Waals surface area (Å²) in [6, 6.07) is 0. The van der Waals surface area contributed by atoms with Crippen LogP contribution in [0.1, 0.15) is 40.0 Å². The van der Waals surface area contributed by atoms with Crippen LogP contribution in [0.5, 0.6) is 0 Å². The highest BCUT2D eigenvalue weighted by Crippen LogP contribution is 2.14. The molecule has 0 saturated heterocycles. The number of ketones is 1. The highest BCUT2D eigenvalue weighted by atomic mass is 32.2. The highest BCUT2D eigenvalue weighted by molar-refractivity contribution is 8.00. The Bertz CT molecular complexity index is 296. The van der Waals surface area contributed by atoms with E-state index in [4.69, 9.17) is 0 Å². The molecule has 0 saturated carbocycles. The smallest absolute Gasteiger partial charge is 0.150 e. The quantitative estimate of drug-likeness (QED) is 0.642. The number of hydrogen-bond donors (Lipinski definition) is 0. The monoisotopic (exact) mass is 266 g/mol. The second-order valence-corrected chi connectivity index (χ2v) is 7.81. The van der Waals surface area contributed by atoms with Crippen LogP contribution in [0.3, 0.4) is 0 Å². The molecule has 0 heterocycles. The molecular formula is C11H22O3S2. The minimum Gasteiger partial charge on any atom is -0.299 e. The number of carbonyl (C=O) groups is 1. The molecule has 0 fully saturated rings. The number of rotatable bonds is 9. The average Bonchev–Trinajstić information content (AvgIpc) is 2.25. The van der Waals surface area contributed by atoms with Crippen LogP contribution in [-0.4, -0.2) is 36.7 Å². The molecule has 1 atom stereocenters. The second-order valence-electron chi connectivity index (χ2n) is 3.91. The molecule has 0 aromatic heterocycles. The number of sulfone groups is 1. The van der Waals surface area contributed by atoms with Gasteiger partial charge in [0.2, 0.25) is 0 Å². The summed E-state index contributed by atoms with van der Waals surface area (Å²) < 4.78 is 22.4. The molecule has 5 heteroatoms. The van der Waals surface area contributed by atoms with Gasteiger partial charge in [-0.25, -0.2) is 8.42 Å². The van der Waals surface area contributed by atoms with E-state index in [2.05, 4.69) is 13.8 Å². The molecule has 0 aliphatic rings. The zero-order chi connectivity index (χ0) is 12.6. The van der Waals surface area contributed by atoms with Crippen molar-refractivity contribution in [1.29, 1.82) is 0 Å². The lowest BCUT2D eigenvalue weighted by molar-refractivity contribution is -0.116. The van der Waals surface area contributed by atoms with Crippen LogP contribution in [-0.2, 0) is 14.6 Å². The van der Waals surface area contributed by atoms with Crippen molar-refractivity contribution in [2.75, 3.05) is 17.3 Å². The maximum Gasteiger partial charge on any atom is 0.150 e. The molecule has 0 aliphatic heterocycles. The van der Waals surface area contributed by atoms with E-state index in [1.54, 1.807) is 18.7 Å². The van der Waals surface area contributed by atoms with Crippen molar-refractivity contribution in [3.05, 3.63) is 0 Å². The third-order valence-corrected chi connectivity index (χ3v) is 5.64. The summed E-state index contributed by atoms with van der Waals surface area (Å²) in [5, 5.41) is 0.503. The van der Waals surface area contributed by atoms with Gasteiger partial charge in [-0.2, -0.15) is 11.8 Å². The minimum atomic E-state index is -2.91. The van der Waals surface area contributed by atoms with E-state index < -0.39 is 9.84 Å². The van der Waals surface area contributed by atoms with Gasteiger partial charge in [-0.1, -0.05) is 20.8 Å². The van der Waals surface area contributed by atoms with Gasteiger partial charge >= 0.3 is 0 Å². The van der Waals surface area contributed by atoms with Crippen LogP contribution >= 0.6 is 11.8 Å². The van der Waals surface area contributed by atoms with Crippen LogP contribution in [0, 0.1) is 0 Å². The summed E-state index contributed by atoms with van der Waals surface area (Å²) in [6.45, 7) is 5.82. The lowest BCUT2D eigenvalue weighted by Crippen LogP contribution is -2.11. The van der Waals surface area contributed by atoms with Gasteiger partial charge in [-0.3, -0.25) is 4.79 Å². The molecule has 0 rings (SSSR count). The second kappa shape index (κ2) is 8.12. The summed E-state index contributed by atoms with van der Waals surface area (Å²) in [5.41, 5.74) is 0. The third-order valence-electron chi connectivity index (χ3n) is 2.45. The maximum absolute atomic E-state index is 11.4. The Hall–Kier alpha value is -0.0300. The van der Waals surface area contributed by atoms with Crippen molar-refractivity contribution in [3.63, 3.8) is 0 Å². The molecule has 0 aliphatic carbocycles. The Kier molecular flexibility index (Phi) is 8.10. The fraction of sp³-hybridized carbons (Fsp3) is 0.909. The standard InChI is InChI=1S/C11H22O3S2/c1-4-10(3)15-9-11(12)7-6-8-16(13,14)5-2/h10H,4-9H2,1-3H3. The van der Waals surface area contributed by atoms with Gasteiger partial charge in [0.05, 0.1) is 11.5 Å². The fourth-order valence-electron chi connectivity index (χ4n) is 1.06. The first kappa shape index (κ1) is 16.0. The number of thioether (sulfide) groups is 1. The van der Waals surface area contributed by atoms with Gasteiger partial charge in [0.1, 0.15) is 15.6 Å². The predicted octanol–water partition coefficient (Wildman–Crippen LogP) is 2.30. The molecule has 16 heavy (non-hydrogen) atoms. The molecule has 0 N–H and O–H groups in total. The zero-order valence-electron chi connectivity index (χ0n) is 10.4. The average molecular weight is 266 g/mol. The first-order valence-electron chi connectivity index (χ1n) is 5.75. The van der Waals surface area contributed by atoms with Gasteiger partial charge < -0.3 is 0 Å². The summed E-state index contributed by atoms with van der Waals surface area (Å²) in [7, 11) is -2.91. The van der Waals surface area contributed by atoms with Crippen LogP contribution in [0.2, 0.25) is 0 Å². The van der Waals surface area contributed by atoms with Crippen molar-refractivity contribution in [1.82, 2.24) is 0 Å². The molecule has 0 bridgehead atoms. The van der Waals surface area contributed by atoms with E-state index >= 15 is 0 Å². The summed E-state index contributed by atoms with van der Waals surface area (Å²) >= 11 is 1.65. The van der Waals surface area contributed by atoms with E-state index in [-0.39, 0.29) is 17.3 Å². The van der Waals surface area contributed by atoms with Gasteiger partial charge in [0, 0.05) is 17.4 Å². The SMILES string of the molecule is CCC(C)SCC(=O)CCCS(=O)(=O)CC. The maximum atomic E-state index is 11.4. The molecule has 3 nitrogen and oxygen atoms in total. The van der Waals surface area contributed by atoms with E-state index in [1.165, 1.54) is 0 Å². The highest BCUT2D eigenvalue weighted by Gasteiger charge is 2.10. The van der Waals surface area contributed by atoms with Gasteiger partial charge in [-0.05, 0) is 12.8 Å². The van der Waals surface area contributed by atoms with Crippen LogP contribution in [0.25, 0.3) is 0 Å². The Labute approximate surface area is 103 Å². The molecule has 1 unspecified atom stereocenters. The number of Topliss-reactive ketones (excluding diaryl/α,β-unsaturated/α-hetero) is 1.